The fourth-order valence-corrected chi connectivity index (χ4v) is 6.33. The number of nitrogen functional groups attached to an aromatic ring is 1. The Morgan fingerprint density at radius 2 is 1.89 bits per heavy atom. The molecular weight excluding hydrogens is 498 g/mol. The summed E-state index contributed by atoms with van der Waals surface area (Å²) >= 11 is 1.45. The molecule has 1 unspecified atom stereocenters. The van der Waals surface area contributed by atoms with Crippen molar-refractivity contribution in [3.8, 4) is 0 Å². The van der Waals surface area contributed by atoms with Crippen LogP contribution in [0.2, 0.25) is 0 Å². The Hall–Kier alpha value is -3.42. The van der Waals surface area contributed by atoms with Crippen LogP contribution in [-0.4, -0.2) is 65.1 Å². The summed E-state index contributed by atoms with van der Waals surface area (Å²) in [6.07, 6.45) is 7.30. The highest BCUT2D eigenvalue weighted by Gasteiger charge is 2.32. The third-order valence-corrected chi connectivity index (χ3v) is 8.61. The second-order valence-corrected chi connectivity index (χ2v) is 11.2. The number of nitrogens with one attached hydrogen (secondary N) is 2. The van der Waals surface area contributed by atoms with Crippen molar-refractivity contribution in [2.45, 2.75) is 10.9 Å². The molecule has 0 saturated carbocycles. The summed E-state index contributed by atoms with van der Waals surface area (Å²) in [6, 6.07) is 11.9. The lowest BCUT2D eigenvalue weighted by atomic mass is 10.2. The van der Waals surface area contributed by atoms with E-state index in [0.29, 0.717) is 36.4 Å². The molecule has 2 aromatic carbocycles. The summed E-state index contributed by atoms with van der Waals surface area (Å²) in [5.41, 5.74) is 9.17. The summed E-state index contributed by atoms with van der Waals surface area (Å²) in [5.74, 6) is 0.395. The minimum atomic E-state index is -3.70. The smallest absolute Gasteiger partial charge is 0.243 e. The lowest BCUT2D eigenvalue weighted by molar-refractivity contribution is 0.165. The van der Waals surface area contributed by atoms with Gasteiger partial charge in [-0.15, -0.1) is 0 Å². The zero-order valence-corrected chi connectivity index (χ0v) is 20.8. The fraction of sp³-hybridized carbons (Fsp3) is 0.208. The number of hydrogen-bond donors (Lipinski definition) is 4. The van der Waals surface area contributed by atoms with Gasteiger partial charge in [0.25, 0.3) is 0 Å². The van der Waals surface area contributed by atoms with E-state index < -0.39 is 16.1 Å². The lowest BCUT2D eigenvalue weighted by Gasteiger charge is -2.34. The van der Waals surface area contributed by atoms with Gasteiger partial charge in [0.2, 0.25) is 16.0 Å². The van der Waals surface area contributed by atoms with E-state index in [1.54, 1.807) is 36.7 Å². The summed E-state index contributed by atoms with van der Waals surface area (Å²) in [5, 5.41) is 16.3. The van der Waals surface area contributed by atoms with Crippen molar-refractivity contribution in [2.75, 3.05) is 37.3 Å². The van der Waals surface area contributed by atoms with Gasteiger partial charge in [-0.2, -0.15) is 4.31 Å². The van der Waals surface area contributed by atoms with Crippen molar-refractivity contribution in [3.05, 3.63) is 66.0 Å². The number of nitrogens with two attached hydrogens (primary N) is 1. The number of nitrogens with zero attached hydrogens (tertiary/aromatic N) is 4. The number of benzene rings is 2. The van der Waals surface area contributed by atoms with Crippen LogP contribution in [0.1, 0.15) is 11.1 Å². The number of piperazine rings is 1. The van der Waals surface area contributed by atoms with Crippen LogP contribution >= 0.6 is 11.3 Å². The highest BCUT2D eigenvalue weighted by atomic mass is 32.2. The molecule has 0 bridgehead atoms. The largest absolute Gasteiger partial charge is 0.395 e. The molecule has 3 heterocycles. The Bertz CT molecular complexity index is 1490. The number of aliphatic hydroxyl groups is 1. The number of aliphatic hydroxyl groups excluding tert-OH is 1. The Morgan fingerprint density at radius 1 is 1.14 bits per heavy atom. The highest BCUT2D eigenvalue weighted by Crippen LogP contribution is 2.25. The van der Waals surface area contributed by atoms with Crippen molar-refractivity contribution in [3.63, 3.8) is 0 Å². The topological polar surface area (TPSA) is 146 Å². The lowest BCUT2D eigenvalue weighted by Crippen LogP contribution is -2.54. The summed E-state index contributed by atoms with van der Waals surface area (Å²) in [7, 11) is -3.70. The number of thiazole rings is 1. The molecule has 1 saturated heterocycles. The summed E-state index contributed by atoms with van der Waals surface area (Å²) in [4.78, 5) is 13.1. The third-order valence-electron chi connectivity index (χ3n) is 5.79. The molecule has 1 fully saturated rings. The number of hydrogen-bond acceptors (Lipinski definition) is 10. The maximum atomic E-state index is 13.0. The van der Waals surface area contributed by atoms with Gasteiger partial charge in [0.15, 0.2) is 5.13 Å². The van der Waals surface area contributed by atoms with Gasteiger partial charge in [0, 0.05) is 43.3 Å². The number of rotatable bonds is 7. The standard InChI is InChI=1S/C24H25N7O3S2/c25-23-30-21-8-3-16(11-22(21)35-23)1-2-17-12-27-24(28-13-17)29-18-4-6-20(7-5-18)36(33,34)31-10-9-26-14-19(31)15-32/h1-8,11-13,19,26,32H,9-10,14-15H2,(H2,25,30)(H,27,28,29)/b2-1+. The van der Waals surface area contributed by atoms with E-state index in [-0.39, 0.29) is 11.5 Å². The van der Waals surface area contributed by atoms with Gasteiger partial charge in [-0.05, 0) is 42.0 Å². The van der Waals surface area contributed by atoms with E-state index in [9.17, 15) is 13.5 Å². The second-order valence-electron chi connectivity index (χ2n) is 8.26. The second kappa shape index (κ2) is 10.3. The van der Waals surface area contributed by atoms with Crippen LogP contribution in [0.25, 0.3) is 22.4 Å². The van der Waals surface area contributed by atoms with Gasteiger partial charge in [-0.25, -0.2) is 23.4 Å². The molecule has 186 valence electrons. The molecule has 0 radical (unpaired) electrons. The molecule has 5 N–H and O–H groups in total. The van der Waals surface area contributed by atoms with Crippen molar-refractivity contribution in [1.82, 2.24) is 24.6 Å². The summed E-state index contributed by atoms with van der Waals surface area (Å²) in [6.45, 7) is 1.06. The Morgan fingerprint density at radius 3 is 2.64 bits per heavy atom. The molecule has 10 nitrogen and oxygen atoms in total. The minimum Gasteiger partial charge on any atom is -0.395 e. The van der Waals surface area contributed by atoms with Crippen LogP contribution in [-0.2, 0) is 10.0 Å². The molecule has 4 aromatic rings. The van der Waals surface area contributed by atoms with Crippen molar-refractivity contribution in [1.29, 1.82) is 0 Å². The van der Waals surface area contributed by atoms with Gasteiger partial charge >= 0.3 is 0 Å². The van der Waals surface area contributed by atoms with Gasteiger partial charge < -0.3 is 21.5 Å². The maximum Gasteiger partial charge on any atom is 0.243 e. The predicted molar refractivity (Wildman–Crippen MR) is 142 cm³/mol. The van der Waals surface area contributed by atoms with E-state index in [0.717, 1.165) is 21.3 Å². The molecule has 1 atom stereocenters. The molecule has 0 aliphatic carbocycles. The van der Waals surface area contributed by atoms with Crippen LogP contribution in [0.15, 0.2) is 59.8 Å². The molecule has 5 rings (SSSR count). The van der Waals surface area contributed by atoms with Crippen LogP contribution in [0.5, 0.6) is 0 Å². The molecule has 36 heavy (non-hydrogen) atoms. The van der Waals surface area contributed by atoms with Crippen LogP contribution in [0.4, 0.5) is 16.8 Å². The maximum absolute atomic E-state index is 13.0. The van der Waals surface area contributed by atoms with Gasteiger partial charge in [-0.3, -0.25) is 0 Å². The van der Waals surface area contributed by atoms with E-state index in [4.69, 9.17) is 5.73 Å². The van der Waals surface area contributed by atoms with Crippen LogP contribution in [0.3, 0.4) is 0 Å². The molecule has 1 aliphatic rings. The molecule has 0 spiro atoms. The number of aromatic nitrogens is 3. The molecular formula is C24H25N7O3S2. The van der Waals surface area contributed by atoms with Crippen LogP contribution in [0, 0.1) is 0 Å². The first-order valence-corrected chi connectivity index (χ1v) is 13.5. The quantitative estimate of drug-likeness (QED) is 0.287. The van der Waals surface area contributed by atoms with Gasteiger partial charge in [-0.1, -0.05) is 29.6 Å². The van der Waals surface area contributed by atoms with E-state index >= 15 is 0 Å². The van der Waals surface area contributed by atoms with E-state index in [2.05, 4.69) is 25.6 Å². The molecule has 1 aliphatic heterocycles. The van der Waals surface area contributed by atoms with Crippen molar-refractivity contribution >= 4 is 60.5 Å². The number of fused-ring (bicyclic) bond motifs is 1. The van der Waals surface area contributed by atoms with Gasteiger partial charge in [0.05, 0.1) is 27.8 Å². The Labute approximate surface area is 212 Å². The monoisotopic (exact) mass is 523 g/mol. The third kappa shape index (κ3) is 5.22. The van der Waals surface area contributed by atoms with Crippen molar-refractivity contribution < 1.29 is 13.5 Å². The zero-order chi connectivity index (χ0) is 25.1. The van der Waals surface area contributed by atoms with Crippen molar-refractivity contribution in [2.24, 2.45) is 0 Å². The van der Waals surface area contributed by atoms with Gasteiger partial charge in [0.1, 0.15) is 0 Å². The van der Waals surface area contributed by atoms with Crippen LogP contribution < -0.4 is 16.4 Å². The zero-order valence-electron chi connectivity index (χ0n) is 19.2. The molecule has 0 amide bonds. The first kappa shape index (κ1) is 24.3. The normalized spacial score (nSPS) is 17.1. The fourth-order valence-electron chi connectivity index (χ4n) is 3.93. The number of sulfonamides is 1. The Kier molecular flexibility index (Phi) is 6.94. The first-order chi connectivity index (χ1) is 17.4. The van der Waals surface area contributed by atoms with E-state index in [1.807, 2.05) is 30.4 Å². The average Bonchev–Trinajstić information content (AvgIpc) is 3.28. The van der Waals surface area contributed by atoms with E-state index in [1.165, 1.54) is 15.6 Å². The number of anilines is 3. The molecule has 12 heteroatoms. The highest BCUT2D eigenvalue weighted by molar-refractivity contribution is 7.89. The summed E-state index contributed by atoms with van der Waals surface area (Å²) < 4.78 is 28.4. The minimum absolute atomic E-state index is 0.175. The SMILES string of the molecule is Nc1nc2ccc(/C=C/c3cnc(Nc4ccc(S(=O)(=O)N5CCNCC5CO)cc4)nc3)cc2s1. The molecule has 2 aromatic heterocycles. The first-order valence-electron chi connectivity index (χ1n) is 11.3. The average molecular weight is 524 g/mol. The Balaban J connectivity index is 1.24. The predicted octanol–water partition coefficient (Wildman–Crippen LogP) is 2.54.